The zero-order valence-electron chi connectivity index (χ0n) is 24.3. The van der Waals surface area contributed by atoms with E-state index in [0.717, 1.165) is 36.1 Å². The standard InChI is InChI=1S/C30H36N4O4.C2H6/c1-4-37-25-9-7-19-11-20(25)16-34-27(35)14-21(32-29(34)31)8-5-17-12-22(17)18-6-10-26-23(13-18)24(33-28(19)36)15-30(2,3)38-26;1-2/h6-7,9-11,13,17,21-22,24H,4-5,8,12,14-16H2,1-3H3,(H2,31,32)(H,33,36);1-2H3. The van der Waals surface area contributed by atoms with Gasteiger partial charge in [-0.25, -0.2) is 4.99 Å². The van der Waals surface area contributed by atoms with E-state index < -0.39 is 5.60 Å². The minimum atomic E-state index is -0.403. The van der Waals surface area contributed by atoms with E-state index in [0.29, 0.717) is 42.6 Å². The van der Waals surface area contributed by atoms with Gasteiger partial charge in [0.05, 0.1) is 25.2 Å². The van der Waals surface area contributed by atoms with Crippen LogP contribution < -0.4 is 20.5 Å². The number of nitrogens with one attached hydrogen (secondary N) is 1. The highest BCUT2D eigenvalue weighted by molar-refractivity contribution is 5.99. The third kappa shape index (κ3) is 5.67. The van der Waals surface area contributed by atoms with E-state index in [1.54, 1.807) is 18.2 Å². The number of fused-ring (bicyclic) bond motifs is 3. The normalized spacial score (nSPS) is 26.5. The fourth-order valence-electron chi connectivity index (χ4n) is 6.24. The Balaban J connectivity index is 0.00000158. The number of rotatable bonds is 2. The number of benzene rings is 2. The van der Waals surface area contributed by atoms with Gasteiger partial charge in [0.2, 0.25) is 5.91 Å². The summed E-state index contributed by atoms with van der Waals surface area (Å²) in [5, 5.41) is 3.28. The second-order valence-corrected chi connectivity index (χ2v) is 11.6. The minimum absolute atomic E-state index is 0.0436. The van der Waals surface area contributed by atoms with Crippen LogP contribution in [0.25, 0.3) is 0 Å². The third-order valence-corrected chi connectivity index (χ3v) is 8.27. The van der Waals surface area contributed by atoms with Gasteiger partial charge in [0.25, 0.3) is 5.91 Å². The number of nitrogens with zero attached hydrogens (tertiary/aromatic N) is 2. The van der Waals surface area contributed by atoms with Crippen molar-refractivity contribution in [1.82, 2.24) is 10.2 Å². The molecule has 4 unspecified atom stereocenters. The summed E-state index contributed by atoms with van der Waals surface area (Å²) in [5.41, 5.74) is 9.46. The van der Waals surface area contributed by atoms with Crippen LogP contribution in [0.3, 0.4) is 0 Å². The van der Waals surface area contributed by atoms with Crippen LogP contribution in [0.5, 0.6) is 11.5 Å². The topological polar surface area (TPSA) is 106 Å². The number of carbonyl (C=O) groups is 2. The Hall–Kier alpha value is -3.55. The molecule has 1 saturated carbocycles. The SMILES string of the molecule is CC.CCOc1ccc2cc1CN1C(=O)CC(CCC3CC3c3ccc4c(c3)C(CC(C)(C)O4)NC2=O)N=C1N. The van der Waals surface area contributed by atoms with E-state index in [-0.39, 0.29) is 36.4 Å². The molecule has 1 fully saturated rings. The lowest BCUT2D eigenvalue weighted by Crippen LogP contribution is -2.46. The first-order valence-corrected chi connectivity index (χ1v) is 14.7. The monoisotopic (exact) mass is 546 g/mol. The molecule has 5 aliphatic rings. The number of amides is 2. The van der Waals surface area contributed by atoms with Crippen LogP contribution in [0.2, 0.25) is 0 Å². The van der Waals surface area contributed by atoms with Crippen molar-refractivity contribution in [3.8, 4) is 11.5 Å². The van der Waals surface area contributed by atoms with Crippen molar-refractivity contribution >= 4 is 17.8 Å². The first-order valence-electron chi connectivity index (χ1n) is 14.7. The van der Waals surface area contributed by atoms with Crippen molar-refractivity contribution in [3.05, 3.63) is 58.7 Å². The highest BCUT2D eigenvalue weighted by atomic mass is 16.5. The number of carbonyl (C=O) groups excluding carboxylic acids is 2. The molecule has 2 aromatic rings. The van der Waals surface area contributed by atoms with Crippen molar-refractivity contribution in [2.24, 2.45) is 16.6 Å². The van der Waals surface area contributed by atoms with Crippen molar-refractivity contribution in [2.75, 3.05) is 6.61 Å². The smallest absolute Gasteiger partial charge is 0.251 e. The second kappa shape index (κ2) is 11.1. The predicted molar refractivity (Wildman–Crippen MR) is 156 cm³/mol. The molecule has 2 aromatic carbocycles. The van der Waals surface area contributed by atoms with Crippen LogP contribution in [-0.2, 0) is 11.3 Å². The van der Waals surface area contributed by atoms with Crippen LogP contribution in [0, 0.1) is 5.92 Å². The van der Waals surface area contributed by atoms with Gasteiger partial charge in [-0.15, -0.1) is 0 Å². The second-order valence-electron chi connectivity index (χ2n) is 11.6. The van der Waals surface area contributed by atoms with Crippen molar-refractivity contribution in [2.45, 2.75) is 96.9 Å². The van der Waals surface area contributed by atoms with Gasteiger partial charge in [-0.1, -0.05) is 19.9 Å². The summed E-state index contributed by atoms with van der Waals surface area (Å²) in [4.78, 5) is 32.9. The molecule has 0 radical (unpaired) electrons. The number of nitrogens with two attached hydrogens (primary N) is 1. The van der Waals surface area contributed by atoms with Crippen molar-refractivity contribution < 1.29 is 19.1 Å². The summed E-state index contributed by atoms with van der Waals surface area (Å²) in [6, 6.07) is 11.6. The number of hydrogen-bond donors (Lipinski definition) is 2. The predicted octanol–water partition coefficient (Wildman–Crippen LogP) is 5.46. The van der Waals surface area contributed by atoms with Gasteiger partial charge >= 0.3 is 0 Å². The molecular weight excluding hydrogens is 504 g/mol. The van der Waals surface area contributed by atoms with Gasteiger partial charge in [0.1, 0.15) is 17.1 Å². The minimum Gasteiger partial charge on any atom is -0.494 e. The summed E-state index contributed by atoms with van der Waals surface area (Å²) in [6.45, 7) is 10.7. The lowest BCUT2D eigenvalue weighted by atomic mass is 9.88. The van der Waals surface area contributed by atoms with E-state index in [1.165, 1.54) is 10.5 Å². The Bertz CT molecular complexity index is 1320. The zero-order valence-corrected chi connectivity index (χ0v) is 24.3. The van der Waals surface area contributed by atoms with E-state index in [4.69, 9.17) is 15.2 Å². The summed E-state index contributed by atoms with van der Waals surface area (Å²) < 4.78 is 12.1. The molecule has 214 valence electrons. The maximum absolute atomic E-state index is 13.6. The quantitative estimate of drug-likeness (QED) is 0.521. The first-order chi connectivity index (χ1) is 19.2. The van der Waals surface area contributed by atoms with Crippen molar-refractivity contribution in [1.29, 1.82) is 0 Å². The Morgan fingerprint density at radius 3 is 2.70 bits per heavy atom. The Labute approximate surface area is 237 Å². The highest BCUT2D eigenvalue weighted by Gasteiger charge is 2.41. The molecule has 4 atom stereocenters. The third-order valence-electron chi connectivity index (χ3n) is 8.27. The molecule has 0 spiro atoms. The average Bonchev–Trinajstić information content (AvgIpc) is 3.70. The fourth-order valence-corrected chi connectivity index (χ4v) is 6.24. The van der Waals surface area contributed by atoms with Gasteiger partial charge in [-0.2, -0.15) is 0 Å². The van der Waals surface area contributed by atoms with Gasteiger partial charge in [-0.3, -0.25) is 14.5 Å². The molecule has 0 aromatic heterocycles. The molecule has 7 rings (SSSR count). The average molecular weight is 547 g/mol. The molecule has 4 aliphatic heterocycles. The lowest BCUT2D eigenvalue weighted by Gasteiger charge is -2.38. The largest absolute Gasteiger partial charge is 0.494 e. The Morgan fingerprint density at radius 2 is 1.95 bits per heavy atom. The summed E-state index contributed by atoms with van der Waals surface area (Å²) in [5.74, 6) is 2.53. The summed E-state index contributed by atoms with van der Waals surface area (Å²) in [6.07, 6.45) is 4.00. The number of guanidine groups is 1. The van der Waals surface area contributed by atoms with Crippen LogP contribution in [-0.4, -0.2) is 40.9 Å². The summed E-state index contributed by atoms with van der Waals surface area (Å²) >= 11 is 0. The molecule has 0 saturated heterocycles. The van der Waals surface area contributed by atoms with Gasteiger partial charge in [-0.05, 0) is 87.8 Å². The van der Waals surface area contributed by atoms with Gasteiger partial charge in [0, 0.05) is 29.5 Å². The fraction of sp³-hybridized carbons (Fsp3) is 0.531. The molecule has 3 N–H and O–H groups in total. The van der Waals surface area contributed by atoms with E-state index in [9.17, 15) is 9.59 Å². The maximum Gasteiger partial charge on any atom is 0.251 e. The van der Waals surface area contributed by atoms with Gasteiger partial charge < -0.3 is 20.5 Å². The van der Waals surface area contributed by atoms with Crippen LogP contribution in [0.4, 0.5) is 0 Å². The van der Waals surface area contributed by atoms with Crippen molar-refractivity contribution in [3.63, 3.8) is 0 Å². The molecule has 40 heavy (non-hydrogen) atoms. The number of hydrogen-bond acceptors (Lipinski definition) is 6. The van der Waals surface area contributed by atoms with E-state index in [1.807, 2.05) is 20.8 Å². The molecule has 1 aliphatic carbocycles. The molecule has 6 bridgehead atoms. The van der Waals surface area contributed by atoms with Crippen LogP contribution in [0.15, 0.2) is 41.4 Å². The van der Waals surface area contributed by atoms with Gasteiger partial charge in [0.15, 0.2) is 5.96 Å². The maximum atomic E-state index is 13.6. The summed E-state index contributed by atoms with van der Waals surface area (Å²) in [7, 11) is 0. The Morgan fingerprint density at radius 1 is 1.15 bits per heavy atom. The lowest BCUT2D eigenvalue weighted by molar-refractivity contribution is -0.129. The first kappa shape index (κ1) is 28.0. The molecule has 2 amide bonds. The number of ether oxygens (including phenoxy) is 2. The van der Waals surface area contributed by atoms with E-state index >= 15 is 0 Å². The molecular formula is C32H42N4O4. The highest BCUT2D eigenvalue weighted by Crippen LogP contribution is 2.52. The van der Waals surface area contributed by atoms with Crippen LogP contribution in [0.1, 0.15) is 106 Å². The van der Waals surface area contributed by atoms with Crippen LogP contribution >= 0.6 is 0 Å². The molecule has 4 heterocycles. The number of aliphatic imine (C=N–C) groups is 1. The Kier molecular flexibility index (Phi) is 7.80. The van der Waals surface area contributed by atoms with E-state index in [2.05, 4.69) is 42.4 Å². The zero-order chi connectivity index (χ0) is 28.6. The molecule has 8 nitrogen and oxygen atoms in total. The molecule has 8 heteroatoms.